The van der Waals surface area contributed by atoms with Crippen LogP contribution in [-0.4, -0.2) is 10.7 Å². The first-order chi connectivity index (χ1) is 5.48. The van der Waals surface area contributed by atoms with Crippen LogP contribution in [0.4, 0.5) is 0 Å². The molecule has 2 fully saturated rings. The zero-order valence-corrected chi connectivity index (χ0v) is 8.38. The minimum atomic E-state index is -0.431. The van der Waals surface area contributed by atoms with Crippen LogP contribution in [0.3, 0.4) is 0 Å². The molecule has 70 valence electrons. The van der Waals surface area contributed by atoms with Gasteiger partial charge in [-0.2, -0.15) is 0 Å². The first-order valence-electron chi connectivity index (χ1n) is 5.21. The molecule has 2 saturated carbocycles. The molecule has 0 heterocycles. The van der Waals surface area contributed by atoms with Gasteiger partial charge in [0.1, 0.15) is 0 Å². The lowest BCUT2D eigenvalue weighted by Gasteiger charge is -2.34. The molecule has 2 aliphatic carbocycles. The molecule has 1 heteroatoms. The molecule has 0 radical (unpaired) electrons. The highest BCUT2D eigenvalue weighted by Gasteiger charge is 2.48. The second-order valence-corrected chi connectivity index (χ2v) is 5.46. The maximum atomic E-state index is 9.93. The maximum absolute atomic E-state index is 9.93. The van der Waals surface area contributed by atoms with E-state index < -0.39 is 5.60 Å². The highest BCUT2D eigenvalue weighted by Crippen LogP contribution is 2.54. The van der Waals surface area contributed by atoms with Gasteiger partial charge in [0.25, 0.3) is 0 Å². The van der Waals surface area contributed by atoms with Crippen molar-refractivity contribution < 1.29 is 5.11 Å². The molecule has 0 spiro atoms. The molecule has 2 aliphatic rings. The van der Waals surface area contributed by atoms with Crippen molar-refractivity contribution >= 4 is 0 Å². The average molecular weight is 168 g/mol. The van der Waals surface area contributed by atoms with Crippen molar-refractivity contribution in [3.8, 4) is 0 Å². The first-order valence-corrected chi connectivity index (χ1v) is 5.21. The molecule has 0 aromatic carbocycles. The van der Waals surface area contributed by atoms with Crippen LogP contribution < -0.4 is 0 Å². The monoisotopic (exact) mass is 168 g/mol. The van der Waals surface area contributed by atoms with Gasteiger partial charge in [-0.3, -0.25) is 0 Å². The molecule has 1 N–H and O–H groups in total. The van der Waals surface area contributed by atoms with Crippen LogP contribution in [0.25, 0.3) is 0 Å². The van der Waals surface area contributed by atoms with Gasteiger partial charge in [-0.1, -0.05) is 6.92 Å². The summed E-state index contributed by atoms with van der Waals surface area (Å²) in [6.45, 7) is 6.32. The Morgan fingerprint density at radius 1 is 1.08 bits per heavy atom. The van der Waals surface area contributed by atoms with Crippen LogP contribution in [0.15, 0.2) is 0 Å². The Hall–Kier alpha value is -0.0400. The van der Waals surface area contributed by atoms with Crippen molar-refractivity contribution in [1.29, 1.82) is 0 Å². The Balaban J connectivity index is 2.08. The predicted octanol–water partition coefficient (Wildman–Crippen LogP) is 2.44. The normalized spacial score (nSPS) is 47.0. The molecular weight excluding hydrogens is 148 g/mol. The van der Waals surface area contributed by atoms with Crippen molar-refractivity contribution in [2.24, 2.45) is 23.7 Å². The summed E-state index contributed by atoms with van der Waals surface area (Å²) in [4.78, 5) is 0. The predicted molar refractivity (Wildman–Crippen MR) is 49.8 cm³/mol. The summed E-state index contributed by atoms with van der Waals surface area (Å²) in [5.74, 6) is 3.25. The highest BCUT2D eigenvalue weighted by atomic mass is 16.3. The lowest BCUT2D eigenvalue weighted by molar-refractivity contribution is -0.0125. The minimum absolute atomic E-state index is 0.431. The van der Waals surface area contributed by atoms with E-state index in [2.05, 4.69) is 6.92 Å². The third-order valence-corrected chi connectivity index (χ3v) is 4.12. The quantitative estimate of drug-likeness (QED) is 0.637. The molecular formula is C11H20O. The molecule has 4 unspecified atom stereocenters. The summed E-state index contributed by atoms with van der Waals surface area (Å²) in [6, 6.07) is 0. The topological polar surface area (TPSA) is 20.2 Å². The zero-order chi connectivity index (χ0) is 8.93. The summed E-state index contributed by atoms with van der Waals surface area (Å²) in [6.07, 6.45) is 4.02. The van der Waals surface area contributed by atoms with Gasteiger partial charge in [0.05, 0.1) is 5.60 Å². The Morgan fingerprint density at radius 3 is 2.08 bits per heavy atom. The van der Waals surface area contributed by atoms with E-state index in [1.54, 1.807) is 0 Å². The second kappa shape index (κ2) is 2.47. The van der Waals surface area contributed by atoms with Crippen LogP contribution in [0.1, 0.15) is 40.0 Å². The molecule has 2 rings (SSSR count). The number of hydrogen-bond acceptors (Lipinski definition) is 1. The van der Waals surface area contributed by atoms with Crippen molar-refractivity contribution in [2.45, 2.75) is 45.6 Å². The van der Waals surface area contributed by atoms with Gasteiger partial charge in [-0.15, -0.1) is 0 Å². The summed E-state index contributed by atoms with van der Waals surface area (Å²) >= 11 is 0. The van der Waals surface area contributed by atoms with Gasteiger partial charge in [0, 0.05) is 0 Å². The van der Waals surface area contributed by atoms with Crippen molar-refractivity contribution in [1.82, 2.24) is 0 Å². The minimum Gasteiger partial charge on any atom is -0.390 e. The molecule has 0 aromatic rings. The van der Waals surface area contributed by atoms with E-state index in [1.165, 1.54) is 19.3 Å². The fourth-order valence-electron chi connectivity index (χ4n) is 3.43. The number of hydrogen-bond donors (Lipinski definition) is 1. The maximum Gasteiger partial charge on any atom is 0.0622 e. The molecule has 12 heavy (non-hydrogen) atoms. The number of rotatable bonds is 1. The molecule has 4 atom stereocenters. The zero-order valence-electron chi connectivity index (χ0n) is 8.38. The van der Waals surface area contributed by atoms with E-state index in [9.17, 15) is 5.11 Å². The third-order valence-electron chi connectivity index (χ3n) is 4.12. The van der Waals surface area contributed by atoms with Gasteiger partial charge in [-0.05, 0) is 56.8 Å². The van der Waals surface area contributed by atoms with Crippen LogP contribution in [0.2, 0.25) is 0 Å². The Labute approximate surface area is 75.2 Å². The molecule has 2 bridgehead atoms. The van der Waals surface area contributed by atoms with E-state index >= 15 is 0 Å². The second-order valence-electron chi connectivity index (χ2n) is 5.46. The number of aliphatic hydroxyl groups is 1. The smallest absolute Gasteiger partial charge is 0.0622 e. The van der Waals surface area contributed by atoms with Crippen LogP contribution in [-0.2, 0) is 0 Å². The first kappa shape index (κ1) is 8.55. The third kappa shape index (κ3) is 1.19. The highest BCUT2D eigenvalue weighted by molar-refractivity contribution is 4.98. The number of fused-ring (bicyclic) bond motifs is 2. The van der Waals surface area contributed by atoms with Crippen molar-refractivity contribution in [3.05, 3.63) is 0 Å². The van der Waals surface area contributed by atoms with Crippen LogP contribution >= 0.6 is 0 Å². The summed E-state index contributed by atoms with van der Waals surface area (Å²) < 4.78 is 0. The van der Waals surface area contributed by atoms with Crippen LogP contribution in [0, 0.1) is 23.7 Å². The van der Waals surface area contributed by atoms with E-state index in [0.717, 1.165) is 17.8 Å². The lowest BCUT2D eigenvalue weighted by atomic mass is 9.75. The van der Waals surface area contributed by atoms with E-state index in [0.29, 0.717) is 5.92 Å². The fourth-order valence-corrected chi connectivity index (χ4v) is 3.43. The lowest BCUT2D eigenvalue weighted by Crippen LogP contribution is -2.35. The van der Waals surface area contributed by atoms with Crippen LogP contribution in [0.5, 0.6) is 0 Å². The molecule has 0 amide bonds. The molecule has 0 saturated heterocycles. The van der Waals surface area contributed by atoms with E-state index in [1.807, 2.05) is 13.8 Å². The average Bonchev–Trinajstić information content (AvgIpc) is 2.41. The molecule has 0 aliphatic heterocycles. The summed E-state index contributed by atoms with van der Waals surface area (Å²) in [5, 5.41) is 9.93. The Kier molecular flexibility index (Phi) is 1.76. The Morgan fingerprint density at radius 2 is 1.75 bits per heavy atom. The molecule has 1 nitrogen and oxygen atoms in total. The molecule has 0 aromatic heterocycles. The van der Waals surface area contributed by atoms with E-state index in [4.69, 9.17) is 0 Å². The van der Waals surface area contributed by atoms with Crippen molar-refractivity contribution in [3.63, 3.8) is 0 Å². The standard InChI is InChI=1S/C11H20O/c1-7-4-9-5-8(7)6-10(9)11(2,3)12/h7-10,12H,4-6H2,1-3H3. The van der Waals surface area contributed by atoms with Gasteiger partial charge >= 0.3 is 0 Å². The SMILES string of the molecule is CC1CC2CC1CC2C(C)(C)O. The largest absolute Gasteiger partial charge is 0.390 e. The Bertz CT molecular complexity index is 178. The van der Waals surface area contributed by atoms with Gasteiger partial charge in [-0.25, -0.2) is 0 Å². The van der Waals surface area contributed by atoms with Gasteiger partial charge in [0.15, 0.2) is 0 Å². The van der Waals surface area contributed by atoms with Crippen molar-refractivity contribution in [2.75, 3.05) is 0 Å². The summed E-state index contributed by atoms with van der Waals surface area (Å²) in [7, 11) is 0. The van der Waals surface area contributed by atoms with Gasteiger partial charge in [0.2, 0.25) is 0 Å². The van der Waals surface area contributed by atoms with E-state index in [-0.39, 0.29) is 0 Å². The summed E-state index contributed by atoms with van der Waals surface area (Å²) in [5.41, 5.74) is -0.431. The fraction of sp³-hybridized carbons (Fsp3) is 1.00. The van der Waals surface area contributed by atoms with Gasteiger partial charge < -0.3 is 5.11 Å².